The van der Waals surface area contributed by atoms with Crippen molar-refractivity contribution in [3.63, 3.8) is 0 Å². The van der Waals surface area contributed by atoms with Gasteiger partial charge in [0.05, 0.1) is 24.9 Å². The molecule has 1 N–H and O–H groups in total. The fraction of sp³-hybridized carbons (Fsp3) is 0.680. The number of amides is 2. The van der Waals surface area contributed by atoms with E-state index in [-0.39, 0.29) is 37.6 Å². The first-order chi connectivity index (χ1) is 17.5. The van der Waals surface area contributed by atoms with E-state index in [4.69, 9.17) is 14.2 Å². The number of benzene rings is 1. The van der Waals surface area contributed by atoms with E-state index in [1.165, 1.54) is 14.1 Å². The van der Waals surface area contributed by atoms with Crippen molar-refractivity contribution in [3.05, 3.63) is 35.9 Å². The van der Waals surface area contributed by atoms with Gasteiger partial charge in [0, 0.05) is 39.3 Å². The molecule has 0 bridgehead atoms. The number of nitrogens with one attached hydrogen (secondary N) is 1. The minimum Gasteiger partial charge on any atom is -0.447 e. The van der Waals surface area contributed by atoms with Crippen molar-refractivity contribution in [1.29, 1.82) is 0 Å². The lowest BCUT2D eigenvalue weighted by molar-refractivity contribution is -0.0229. The van der Waals surface area contributed by atoms with Crippen molar-refractivity contribution in [1.82, 2.24) is 18.8 Å². The Balaban J connectivity index is 1.56. The van der Waals surface area contributed by atoms with Crippen molar-refractivity contribution in [2.45, 2.75) is 77.0 Å². The normalized spacial score (nSPS) is 23.1. The highest BCUT2D eigenvalue weighted by atomic mass is 32.2. The summed E-state index contributed by atoms with van der Waals surface area (Å²) in [5.41, 5.74) is 0.930. The first-order valence-corrected chi connectivity index (χ1v) is 14.2. The molecule has 2 aliphatic heterocycles. The second-order valence-electron chi connectivity index (χ2n) is 10.1. The number of ether oxygens (including phenoxy) is 3. The molecule has 0 aromatic heterocycles. The van der Waals surface area contributed by atoms with Gasteiger partial charge in [-0.3, -0.25) is 4.90 Å². The Morgan fingerprint density at radius 2 is 1.76 bits per heavy atom. The number of nitrogens with zero attached hydrogens (tertiary/aromatic N) is 3. The Kier molecular flexibility index (Phi) is 10.2. The van der Waals surface area contributed by atoms with Gasteiger partial charge in [0.2, 0.25) is 0 Å². The topological polar surface area (TPSA) is 118 Å². The van der Waals surface area contributed by atoms with Crippen LogP contribution in [0.25, 0.3) is 0 Å². The summed E-state index contributed by atoms with van der Waals surface area (Å²) in [4.78, 5) is 28.6. The summed E-state index contributed by atoms with van der Waals surface area (Å²) in [5.74, 6) is 0. The van der Waals surface area contributed by atoms with Crippen LogP contribution in [-0.4, -0.2) is 98.8 Å². The first-order valence-electron chi connectivity index (χ1n) is 12.7. The third-order valence-corrected chi connectivity index (χ3v) is 8.19. The van der Waals surface area contributed by atoms with Gasteiger partial charge in [0.15, 0.2) is 0 Å². The lowest BCUT2D eigenvalue weighted by Gasteiger charge is -2.34. The maximum Gasteiger partial charge on any atom is 0.410 e. The third-order valence-electron chi connectivity index (χ3n) is 6.63. The van der Waals surface area contributed by atoms with E-state index in [1.807, 2.05) is 37.3 Å². The second kappa shape index (κ2) is 12.9. The van der Waals surface area contributed by atoms with Crippen molar-refractivity contribution in [2.75, 3.05) is 33.8 Å². The predicted octanol–water partition coefficient (Wildman–Crippen LogP) is 2.58. The van der Waals surface area contributed by atoms with Crippen LogP contribution in [0.1, 0.15) is 45.6 Å². The molecule has 1 aromatic rings. The van der Waals surface area contributed by atoms with Gasteiger partial charge in [0.25, 0.3) is 10.2 Å². The quantitative estimate of drug-likeness (QED) is 0.512. The molecule has 0 saturated carbocycles. The van der Waals surface area contributed by atoms with Gasteiger partial charge >= 0.3 is 12.2 Å². The minimum absolute atomic E-state index is 0.122. The van der Waals surface area contributed by atoms with Gasteiger partial charge in [-0.15, -0.1) is 0 Å². The van der Waals surface area contributed by atoms with Crippen LogP contribution >= 0.6 is 0 Å². The summed E-state index contributed by atoms with van der Waals surface area (Å²) < 4.78 is 45.9. The standard InChI is InChI=1S/C25H40N4O7S/c1-18(2)36-25(31)29-19(3)15-22(26-37(32,33)27(4)5)23(29)17-34-21-11-13-28(14-12-21)24(30)35-16-20-9-7-6-8-10-20/h6-10,18-19,21-23,26H,11-17H2,1-5H3/t19-,22+,23+/m1/s1. The van der Waals surface area contributed by atoms with E-state index in [1.54, 1.807) is 23.6 Å². The zero-order valence-electron chi connectivity index (χ0n) is 22.3. The number of likely N-dealkylation sites (tertiary alicyclic amines) is 2. The van der Waals surface area contributed by atoms with Crippen LogP contribution in [-0.2, 0) is 31.0 Å². The molecule has 2 heterocycles. The van der Waals surface area contributed by atoms with Crippen LogP contribution in [0.4, 0.5) is 9.59 Å². The Morgan fingerprint density at radius 1 is 1.11 bits per heavy atom. The van der Waals surface area contributed by atoms with Gasteiger partial charge in [0.1, 0.15) is 6.61 Å². The minimum atomic E-state index is -3.70. The van der Waals surface area contributed by atoms with E-state index in [2.05, 4.69) is 4.72 Å². The van der Waals surface area contributed by atoms with Crippen LogP contribution in [0, 0.1) is 0 Å². The van der Waals surface area contributed by atoms with Crippen LogP contribution in [0.3, 0.4) is 0 Å². The van der Waals surface area contributed by atoms with E-state index in [0.29, 0.717) is 32.4 Å². The van der Waals surface area contributed by atoms with Gasteiger partial charge in [-0.1, -0.05) is 30.3 Å². The van der Waals surface area contributed by atoms with Gasteiger partial charge < -0.3 is 19.1 Å². The number of hydrogen-bond acceptors (Lipinski definition) is 7. The van der Waals surface area contributed by atoms with Crippen LogP contribution < -0.4 is 4.72 Å². The van der Waals surface area contributed by atoms with Gasteiger partial charge in [-0.2, -0.15) is 17.4 Å². The Hall–Kier alpha value is -2.41. The maximum atomic E-state index is 12.9. The van der Waals surface area contributed by atoms with Gasteiger partial charge in [-0.25, -0.2) is 9.59 Å². The first kappa shape index (κ1) is 29.2. The second-order valence-corrected chi connectivity index (χ2v) is 12.0. The number of carbonyl (C=O) groups excluding carboxylic acids is 2. The fourth-order valence-electron chi connectivity index (χ4n) is 4.61. The highest BCUT2D eigenvalue weighted by Gasteiger charge is 2.45. The molecule has 3 rings (SSSR count). The molecule has 3 atom stereocenters. The molecule has 0 radical (unpaired) electrons. The predicted molar refractivity (Wildman–Crippen MR) is 138 cm³/mol. The summed E-state index contributed by atoms with van der Waals surface area (Å²) in [6.07, 6.45) is 0.416. The van der Waals surface area contributed by atoms with E-state index >= 15 is 0 Å². The summed E-state index contributed by atoms with van der Waals surface area (Å²) in [6.45, 7) is 6.79. The number of rotatable bonds is 9. The molecule has 2 aliphatic rings. The Morgan fingerprint density at radius 3 is 2.35 bits per heavy atom. The molecule has 2 saturated heterocycles. The molecule has 11 nitrogen and oxygen atoms in total. The Labute approximate surface area is 220 Å². The molecule has 12 heteroatoms. The average molecular weight is 541 g/mol. The summed E-state index contributed by atoms with van der Waals surface area (Å²) in [5, 5.41) is 0. The van der Waals surface area contributed by atoms with E-state index < -0.39 is 28.4 Å². The number of piperidine rings is 1. The molecular weight excluding hydrogens is 500 g/mol. The average Bonchev–Trinajstić information content (AvgIpc) is 3.15. The van der Waals surface area contributed by atoms with Crippen molar-refractivity contribution < 1.29 is 32.2 Å². The van der Waals surface area contributed by atoms with Crippen LogP contribution in [0.15, 0.2) is 30.3 Å². The SMILES string of the molecule is CC(C)OC(=O)N1[C@H](C)C[C@H](NS(=O)(=O)N(C)C)[C@@H]1COC1CCN(C(=O)OCc2ccccc2)CC1. The van der Waals surface area contributed by atoms with E-state index in [0.717, 1.165) is 9.87 Å². The zero-order valence-corrected chi connectivity index (χ0v) is 23.1. The summed E-state index contributed by atoms with van der Waals surface area (Å²) in [7, 11) is -0.797. The number of carbonyl (C=O) groups is 2. The van der Waals surface area contributed by atoms with Crippen molar-refractivity contribution in [2.24, 2.45) is 0 Å². The highest BCUT2D eigenvalue weighted by molar-refractivity contribution is 7.87. The van der Waals surface area contributed by atoms with Crippen molar-refractivity contribution in [3.8, 4) is 0 Å². The lowest BCUT2D eigenvalue weighted by atomic mass is 10.1. The van der Waals surface area contributed by atoms with Crippen LogP contribution in [0.5, 0.6) is 0 Å². The molecule has 1 aromatic carbocycles. The number of hydrogen-bond donors (Lipinski definition) is 1. The smallest absolute Gasteiger partial charge is 0.410 e. The van der Waals surface area contributed by atoms with Crippen LogP contribution in [0.2, 0.25) is 0 Å². The molecule has 0 aliphatic carbocycles. The lowest BCUT2D eigenvalue weighted by Crippen LogP contribution is -2.52. The largest absolute Gasteiger partial charge is 0.447 e. The molecular formula is C25H40N4O7S. The fourth-order valence-corrected chi connectivity index (χ4v) is 5.45. The molecule has 0 spiro atoms. The Bertz CT molecular complexity index is 998. The molecule has 37 heavy (non-hydrogen) atoms. The van der Waals surface area contributed by atoms with Gasteiger partial charge in [-0.05, 0) is 45.6 Å². The highest BCUT2D eigenvalue weighted by Crippen LogP contribution is 2.28. The monoisotopic (exact) mass is 540 g/mol. The van der Waals surface area contributed by atoms with E-state index in [9.17, 15) is 18.0 Å². The molecule has 208 valence electrons. The summed E-state index contributed by atoms with van der Waals surface area (Å²) in [6, 6.07) is 8.25. The zero-order chi connectivity index (χ0) is 27.2. The summed E-state index contributed by atoms with van der Waals surface area (Å²) >= 11 is 0. The molecule has 0 unspecified atom stereocenters. The van der Waals surface area contributed by atoms with Crippen molar-refractivity contribution >= 4 is 22.4 Å². The molecule has 2 fully saturated rings. The maximum absolute atomic E-state index is 12.9. The third kappa shape index (κ3) is 8.03. The molecule has 2 amide bonds.